The number of hydrogen-bond acceptors (Lipinski definition) is 12. The molecule has 3 fully saturated rings. The molecule has 3 N–H and O–H groups in total. The molecule has 42 heavy (non-hydrogen) atoms. The van der Waals surface area contributed by atoms with Gasteiger partial charge < -0.3 is 25.2 Å². The minimum absolute atomic E-state index is 0.341. The van der Waals surface area contributed by atoms with Crippen molar-refractivity contribution < 1.29 is 9.53 Å². The highest BCUT2D eigenvalue weighted by molar-refractivity contribution is 5.56. The molecule has 0 bridgehead atoms. The maximum absolute atomic E-state index is 9.85. The van der Waals surface area contributed by atoms with Gasteiger partial charge in [-0.1, -0.05) is 0 Å². The molecule has 0 radical (unpaired) electrons. The number of hydrogen-bond donors (Lipinski definition) is 3. The van der Waals surface area contributed by atoms with Crippen LogP contribution in [0.4, 0.5) is 23.7 Å². The molecule has 2 aromatic heterocycles. The van der Waals surface area contributed by atoms with Crippen molar-refractivity contribution in [3.8, 4) is 12.8 Å². The number of carbonyl (C=O) groups excluding carboxylic acids is 1. The number of rotatable bonds is 12. The lowest BCUT2D eigenvalue weighted by molar-refractivity contribution is -0.108. The second-order valence-electron chi connectivity index (χ2n) is 9.72. The quantitative estimate of drug-likeness (QED) is 0.194. The second-order valence-corrected chi connectivity index (χ2v) is 9.72. The zero-order chi connectivity index (χ0) is 30.2. The number of ether oxygens (including phenoxy) is 1. The third-order valence-corrected chi connectivity index (χ3v) is 6.85. The van der Waals surface area contributed by atoms with Gasteiger partial charge in [-0.05, 0) is 39.3 Å². The summed E-state index contributed by atoms with van der Waals surface area (Å²) in [7, 11) is 1.75. The first kappa shape index (κ1) is 32.2. The summed E-state index contributed by atoms with van der Waals surface area (Å²) in [5.41, 5.74) is 1.19. The van der Waals surface area contributed by atoms with E-state index < -0.39 is 0 Å². The lowest BCUT2D eigenvalue weighted by atomic mass is 10.3. The first-order valence-corrected chi connectivity index (χ1v) is 14.1. The molecule has 3 aliphatic rings. The number of nitrogens with zero attached hydrogens (tertiary/aromatic N) is 9. The van der Waals surface area contributed by atoms with E-state index in [0.717, 1.165) is 70.1 Å². The summed E-state index contributed by atoms with van der Waals surface area (Å²) < 4.78 is 5.21. The van der Waals surface area contributed by atoms with Crippen LogP contribution in [0.1, 0.15) is 44.2 Å². The van der Waals surface area contributed by atoms with E-state index in [4.69, 9.17) is 19.7 Å². The number of amides is 1. The van der Waals surface area contributed by atoms with E-state index in [1.165, 1.54) is 37.6 Å². The van der Waals surface area contributed by atoms with Crippen LogP contribution in [-0.2, 0) is 9.53 Å². The normalized spacial score (nSPS) is 17.2. The molecule has 226 valence electrons. The Hall–Kier alpha value is -4.35. The van der Waals surface area contributed by atoms with Crippen molar-refractivity contribution in [3.05, 3.63) is 23.8 Å². The average molecular weight is 579 g/mol. The van der Waals surface area contributed by atoms with Crippen molar-refractivity contribution in [2.75, 3.05) is 74.6 Å². The topological polar surface area (TPSA) is 152 Å². The van der Waals surface area contributed by atoms with Gasteiger partial charge in [0.1, 0.15) is 5.82 Å². The smallest absolute Gasteiger partial charge is 0.235 e. The molecule has 4 heterocycles. The Bertz CT molecular complexity index is 1190. The highest BCUT2D eigenvalue weighted by Gasteiger charge is 2.26. The van der Waals surface area contributed by atoms with Gasteiger partial charge in [-0.3, -0.25) is 19.8 Å². The minimum Gasteiger partial charge on any atom is -0.383 e. The third kappa shape index (κ3) is 9.93. The Morgan fingerprint density at radius 1 is 1.12 bits per heavy atom. The van der Waals surface area contributed by atoms with Crippen LogP contribution in [0.15, 0.2) is 28.1 Å². The summed E-state index contributed by atoms with van der Waals surface area (Å²) >= 11 is 0. The van der Waals surface area contributed by atoms with Crippen LogP contribution < -0.4 is 20.4 Å². The van der Waals surface area contributed by atoms with Crippen LogP contribution in [0.3, 0.4) is 0 Å². The fourth-order valence-electron chi connectivity index (χ4n) is 4.45. The number of nitrogens with one attached hydrogen (secondary N) is 3. The zero-order valence-corrected chi connectivity index (χ0v) is 24.6. The molecule has 5 rings (SSSR count). The lowest BCUT2D eigenvalue weighted by Crippen LogP contribution is -2.48. The van der Waals surface area contributed by atoms with Crippen LogP contribution in [0.25, 0.3) is 0 Å². The first-order valence-electron chi connectivity index (χ1n) is 14.1. The predicted octanol–water partition coefficient (Wildman–Crippen LogP) is 2.16. The van der Waals surface area contributed by atoms with Crippen molar-refractivity contribution in [2.45, 2.75) is 38.5 Å². The fourth-order valence-corrected chi connectivity index (χ4v) is 4.45. The molecule has 1 aliphatic carbocycles. The van der Waals surface area contributed by atoms with Crippen LogP contribution in [0.5, 0.6) is 0 Å². The van der Waals surface area contributed by atoms with E-state index in [1.54, 1.807) is 20.2 Å². The summed E-state index contributed by atoms with van der Waals surface area (Å²) in [5.74, 6) is 3.83. The number of piperazine rings is 1. The Morgan fingerprint density at radius 2 is 1.79 bits per heavy atom. The molecular weight excluding hydrogens is 536 g/mol. The Labute approximate surface area is 247 Å². The van der Waals surface area contributed by atoms with Gasteiger partial charge in [0.05, 0.1) is 12.8 Å². The molecule has 2 aromatic rings. The molecule has 2 saturated heterocycles. The molecule has 0 unspecified atom stereocenters. The summed E-state index contributed by atoms with van der Waals surface area (Å²) in [6, 6.07) is 2.07. The monoisotopic (exact) mass is 578 g/mol. The molecule has 1 amide bonds. The number of aromatic nitrogens is 5. The summed E-state index contributed by atoms with van der Waals surface area (Å²) in [5, 5.41) is 13.1. The first-order chi connectivity index (χ1) is 20.6. The number of aliphatic imine (C=N–C) groups is 2. The molecule has 0 spiro atoms. The van der Waals surface area contributed by atoms with E-state index in [9.17, 15) is 4.79 Å². The van der Waals surface area contributed by atoms with Gasteiger partial charge >= 0.3 is 0 Å². The minimum atomic E-state index is 0.341. The predicted molar refractivity (Wildman–Crippen MR) is 167 cm³/mol. The number of aromatic amines is 1. The number of methoxy groups -OCH3 is 1. The van der Waals surface area contributed by atoms with Gasteiger partial charge in [-0.2, -0.15) is 20.1 Å². The number of carbonyl (C=O) groups is 1. The van der Waals surface area contributed by atoms with Crippen molar-refractivity contribution in [1.29, 1.82) is 0 Å². The highest BCUT2D eigenvalue weighted by Crippen LogP contribution is 2.39. The number of H-pyrrole nitrogens is 1. The second kappa shape index (κ2) is 17.5. The third-order valence-electron chi connectivity index (χ3n) is 6.85. The van der Waals surface area contributed by atoms with Gasteiger partial charge in [0.25, 0.3) is 0 Å². The van der Waals surface area contributed by atoms with Gasteiger partial charge in [-0.15, -0.1) is 12.8 Å². The van der Waals surface area contributed by atoms with Gasteiger partial charge in [0.15, 0.2) is 5.82 Å². The van der Waals surface area contributed by atoms with Gasteiger partial charge in [0, 0.05) is 76.8 Å². The van der Waals surface area contributed by atoms with E-state index in [0.29, 0.717) is 24.1 Å². The molecule has 14 heteroatoms. The maximum Gasteiger partial charge on any atom is 0.235 e. The summed E-state index contributed by atoms with van der Waals surface area (Å²) in [4.78, 5) is 38.3. The zero-order valence-electron chi connectivity index (χ0n) is 24.6. The van der Waals surface area contributed by atoms with Crippen molar-refractivity contribution in [3.63, 3.8) is 0 Å². The van der Waals surface area contributed by atoms with Crippen molar-refractivity contribution >= 4 is 43.0 Å². The molecular formula is C28H42N12O2. The maximum atomic E-state index is 9.85. The SMILES string of the molecule is C#C.C=N/C(=C\N=CC)NC=O.COCCN1CCN(c2nc(Nc3cc(C4CC4)[nH]n3)nc(N3CCCC3)n2)CC1. The molecule has 0 atom stereocenters. The Kier molecular flexibility index (Phi) is 13.4. The summed E-state index contributed by atoms with van der Waals surface area (Å²) in [6.45, 7) is 12.5. The van der Waals surface area contributed by atoms with Gasteiger partial charge in [-0.25, -0.2) is 4.99 Å². The summed E-state index contributed by atoms with van der Waals surface area (Å²) in [6.07, 6.45) is 16.4. The molecule has 0 aromatic carbocycles. The van der Waals surface area contributed by atoms with Crippen LogP contribution >= 0.6 is 0 Å². The van der Waals surface area contributed by atoms with E-state index in [2.05, 4.69) is 71.1 Å². The lowest BCUT2D eigenvalue weighted by Gasteiger charge is -2.34. The Balaban J connectivity index is 0.000000345. The Morgan fingerprint density at radius 3 is 2.36 bits per heavy atom. The molecule has 14 nitrogen and oxygen atoms in total. The van der Waals surface area contributed by atoms with Crippen LogP contribution in [0.2, 0.25) is 0 Å². The number of anilines is 4. The van der Waals surface area contributed by atoms with E-state index >= 15 is 0 Å². The largest absolute Gasteiger partial charge is 0.383 e. The van der Waals surface area contributed by atoms with Crippen molar-refractivity contribution in [2.24, 2.45) is 9.98 Å². The average Bonchev–Trinajstić information content (AvgIpc) is 3.52. The standard InChI is InChI=1S/C20H31N9O.C6H9N3O.C2H2/c1-30-13-12-27-8-10-29(11-9-27)20-23-18(22-19(24-20)28-6-2-3-7-28)21-17-14-16(25-26-17)15-4-5-15;1-3-8-4-6(7-2)9-5-10;1-2/h14-15H,2-13H2,1H3,(H2,21,22,23,24,25,26);3-5H,2H2,1H3,(H,9,10);1-2H/b;6-4+,8-3?;. The molecule has 2 aliphatic heterocycles. The number of terminal acetylenes is 1. The van der Waals surface area contributed by atoms with Crippen LogP contribution in [-0.4, -0.2) is 109 Å². The fraction of sp³-hybridized carbons (Fsp3) is 0.536. The highest BCUT2D eigenvalue weighted by atomic mass is 16.5. The van der Waals surface area contributed by atoms with Crippen molar-refractivity contribution in [1.82, 2.24) is 35.4 Å². The molecule has 1 saturated carbocycles. The van der Waals surface area contributed by atoms with Crippen LogP contribution in [0, 0.1) is 12.8 Å². The van der Waals surface area contributed by atoms with E-state index in [1.807, 2.05) is 0 Å². The van der Waals surface area contributed by atoms with E-state index in [-0.39, 0.29) is 0 Å². The van der Waals surface area contributed by atoms with Gasteiger partial charge in [0.2, 0.25) is 24.3 Å².